The molecule has 1 heterocycles. The molecule has 0 saturated carbocycles. The minimum atomic E-state index is -0.187. The van der Waals surface area contributed by atoms with E-state index < -0.39 is 0 Å². The molecule has 28 heavy (non-hydrogen) atoms. The zero-order valence-electron chi connectivity index (χ0n) is 15.7. The first-order valence-corrected chi connectivity index (χ1v) is 9.66. The maximum Gasteiger partial charge on any atom is 0.253 e. The molecule has 0 spiro atoms. The van der Waals surface area contributed by atoms with Crippen molar-refractivity contribution >= 4 is 23.2 Å². The third-order valence-corrected chi connectivity index (χ3v) is 4.66. The number of carbonyl (C=O) groups excluding carboxylic acids is 2. The number of hydrogen-bond donors (Lipinski definition) is 1. The predicted octanol–water partition coefficient (Wildman–Crippen LogP) is 3.35. The SMILES string of the molecule is CN(C)C(=O)c1ccc(CNC(=O)c2cccc(OCc3cscn3)c2)cc1. The van der Waals surface area contributed by atoms with E-state index in [2.05, 4.69) is 10.3 Å². The van der Waals surface area contributed by atoms with E-state index in [1.807, 2.05) is 23.6 Å². The van der Waals surface area contributed by atoms with Crippen molar-refractivity contribution in [1.29, 1.82) is 0 Å². The van der Waals surface area contributed by atoms with Gasteiger partial charge in [0.25, 0.3) is 11.8 Å². The van der Waals surface area contributed by atoms with E-state index in [-0.39, 0.29) is 11.8 Å². The average Bonchev–Trinajstić information content (AvgIpc) is 3.24. The van der Waals surface area contributed by atoms with Gasteiger partial charge in [0.15, 0.2) is 0 Å². The van der Waals surface area contributed by atoms with Crippen molar-refractivity contribution in [3.05, 3.63) is 81.8 Å². The summed E-state index contributed by atoms with van der Waals surface area (Å²) >= 11 is 1.51. The monoisotopic (exact) mass is 395 g/mol. The van der Waals surface area contributed by atoms with Crippen molar-refractivity contribution in [1.82, 2.24) is 15.2 Å². The number of amides is 2. The lowest BCUT2D eigenvalue weighted by atomic mass is 10.1. The molecule has 0 aliphatic rings. The zero-order chi connectivity index (χ0) is 19.9. The number of benzene rings is 2. The van der Waals surface area contributed by atoms with Gasteiger partial charge in [-0.15, -0.1) is 11.3 Å². The second-order valence-electron chi connectivity index (χ2n) is 6.38. The fourth-order valence-corrected chi connectivity index (χ4v) is 3.04. The van der Waals surface area contributed by atoms with Crippen LogP contribution in [-0.4, -0.2) is 35.8 Å². The molecule has 1 N–H and O–H groups in total. The number of aromatic nitrogens is 1. The molecule has 1 aromatic heterocycles. The quantitative estimate of drug-likeness (QED) is 0.666. The van der Waals surface area contributed by atoms with Gasteiger partial charge in [0.2, 0.25) is 0 Å². The predicted molar refractivity (Wildman–Crippen MR) is 109 cm³/mol. The molecule has 0 radical (unpaired) electrons. The smallest absolute Gasteiger partial charge is 0.253 e. The summed E-state index contributed by atoms with van der Waals surface area (Å²) in [6.07, 6.45) is 0. The van der Waals surface area contributed by atoms with Crippen LogP contribution in [0.4, 0.5) is 0 Å². The van der Waals surface area contributed by atoms with Crippen LogP contribution in [0.15, 0.2) is 59.4 Å². The fraction of sp³-hybridized carbons (Fsp3) is 0.190. The number of carbonyl (C=O) groups is 2. The highest BCUT2D eigenvalue weighted by atomic mass is 32.1. The van der Waals surface area contributed by atoms with Gasteiger partial charge in [-0.25, -0.2) is 4.98 Å². The highest BCUT2D eigenvalue weighted by molar-refractivity contribution is 7.07. The fourth-order valence-electron chi connectivity index (χ4n) is 2.50. The van der Waals surface area contributed by atoms with E-state index in [9.17, 15) is 9.59 Å². The molecule has 0 bridgehead atoms. The molecule has 3 rings (SSSR count). The van der Waals surface area contributed by atoms with Crippen LogP contribution >= 0.6 is 11.3 Å². The summed E-state index contributed by atoms with van der Waals surface area (Å²) < 4.78 is 5.69. The first-order chi connectivity index (χ1) is 13.5. The van der Waals surface area contributed by atoms with Gasteiger partial charge in [-0.05, 0) is 35.9 Å². The summed E-state index contributed by atoms with van der Waals surface area (Å²) in [5.74, 6) is 0.379. The Morgan fingerprint density at radius 3 is 2.57 bits per heavy atom. The average molecular weight is 395 g/mol. The minimum absolute atomic E-state index is 0.0509. The molecular weight excluding hydrogens is 374 g/mol. The molecule has 0 unspecified atom stereocenters. The summed E-state index contributed by atoms with van der Waals surface area (Å²) in [5, 5.41) is 4.81. The van der Waals surface area contributed by atoms with Crippen molar-refractivity contribution in [3.63, 3.8) is 0 Å². The van der Waals surface area contributed by atoms with Gasteiger partial charge in [-0.1, -0.05) is 18.2 Å². The van der Waals surface area contributed by atoms with E-state index in [4.69, 9.17) is 4.74 Å². The van der Waals surface area contributed by atoms with Gasteiger partial charge < -0.3 is 15.0 Å². The van der Waals surface area contributed by atoms with E-state index in [0.717, 1.165) is 11.3 Å². The van der Waals surface area contributed by atoms with Gasteiger partial charge in [-0.2, -0.15) is 0 Å². The first-order valence-electron chi connectivity index (χ1n) is 8.71. The van der Waals surface area contributed by atoms with Crippen LogP contribution in [0.3, 0.4) is 0 Å². The number of hydrogen-bond acceptors (Lipinski definition) is 5. The number of ether oxygens (including phenoxy) is 1. The summed E-state index contributed by atoms with van der Waals surface area (Å²) in [7, 11) is 3.43. The van der Waals surface area contributed by atoms with E-state index >= 15 is 0 Å². The molecule has 2 aromatic carbocycles. The first kappa shape index (κ1) is 19.6. The van der Waals surface area contributed by atoms with Crippen molar-refractivity contribution < 1.29 is 14.3 Å². The van der Waals surface area contributed by atoms with Gasteiger partial charge in [0.1, 0.15) is 12.4 Å². The second kappa shape index (κ2) is 9.14. The van der Waals surface area contributed by atoms with E-state index in [1.54, 1.807) is 49.9 Å². The summed E-state index contributed by atoms with van der Waals surface area (Å²) in [6, 6.07) is 14.2. The molecule has 0 fully saturated rings. The molecule has 0 atom stereocenters. The zero-order valence-corrected chi connectivity index (χ0v) is 16.5. The highest BCUT2D eigenvalue weighted by Gasteiger charge is 2.09. The molecule has 0 aliphatic carbocycles. The van der Waals surface area contributed by atoms with Crippen LogP contribution in [0.5, 0.6) is 5.75 Å². The lowest BCUT2D eigenvalue weighted by Gasteiger charge is -2.11. The van der Waals surface area contributed by atoms with E-state index in [1.165, 1.54) is 16.2 Å². The third-order valence-electron chi connectivity index (χ3n) is 4.03. The lowest BCUT2D eigenvalue weighted by Crippen LogP contribution is -2.23. The third kappa shape index (κ3) is 5.17. The number of nitrogens with one attached hydrogen (secondary N) is 1. The van der Waals surface area contributed by atoms with Gasteiger partial charge in [0.05, 0.1) is 11.2 Å². The topological polar surface area (TPSA) is 71.5 Å². The molecule has 0 saturated heterocycles. The van der Waals surface area contributed by atoms with Crippen molar-refractivity contribution in [2.75, 3.05) is 14.1 Å². The number of nitrogens with zero attached hydrogens (tertiary/aromatic N) is 2. The Morgan fingerprint density at radius 1 is 1.11 bits per heavy atom. The van der Waals surface area contributed by atoms with Gasteiger partial charge in [0, 0.05) is 37.1 Å². The minimum Gasteiger partial charge on any atom is -0.487 e. The van der Waals surface area contributed by atoms with Crippen LogP contribution in [0.1, 0.15) is 32.0 Å². The summed E-state index contributed by atoms with van der Waals surface area (Å²) in [5.41, 5.74) is 4.67. The van der Waals surface area contributed by atoms with Crippen molar-refractivity contribution in [2.24, 2.45) is 0 Å². The van der Waals surface area contributed by atoms with Crippen LogP contribution in [0, 0.1) is 0 Å². The van der Waals surface area contributed by atoms with Gasteiger partial charge in [-0.3, -0.25) is 9.59 Å². The Kier molecular flexibility index (Phi) is 6.39. The van der Waals surface area contributed by atoms with E-state index in [0.29, 0.717) is 30.0 Å². The molecule has 2 amide bonds. The summed E-state index contributed by atoms with van der Waals surface area (Å²) in [6.45, 7) is 0.742. The Balaban J connectivity index is 1.56. The Labute approximate surface area is 167 Å². The standard InChI is InChI=1S/C21H21N3O3S/c1-24(2)21(26)16-8-6-15(7-9-16)11-22-20(25)17-4-3-5-19(10-17)27-12-18-13-28-14-23-18/h3-10,13-14H,11-12H2,1-2H3,(H,22,25). The molecule has 7 heteroatoms. The number of rotatable bonds is 7. The number of thiazole rings is 1. The van der Waals surface area contributed by atoms with Crippen LogP contribution < -0.4 is 10.1 Å². The second-order valence-corrected chi connectivity index (χ2v) is 7.09. The molecular formula is C21H21N3O3S. The van der Waals surface area contributed by atoms with Crippen molar-refractivity contribution in [2.45, 2.75) is 13.2 Å². The lowest BCUT2D eigenvalue weighted by molar-refractivity contribution is 0.0827. The highest BCUT2D eigenvalue weighted by Crippen LogP contribution is 2.15. The maximum atomic E-state index is 12.4. The molecule has 144 valence electrons. The molecule has 3 aromatic rings. The Hall–Kier alpha value is -3.19. The van der Waals surface area contributed by atoms with Crippen LogP contribution in [-0.2, 0) is 13.2 Å². The van der Waals surface area contributed by atoms with Crippen LogP contribution in [0.2, 0.25) is 0 Å². The molecule has 0 aliphatic heterocycles. The normalized spacial score (nSPS) is 10.4. The molecule has 6 nitrogen and oxygen atoms in total. The Morgan fingerprint density at radius 2 is 1.89 bits per heavy atom. The largest absolute Gasteiger partial charge is 0.487 e. The van der Waals surface area contributed by atoms with Crippen LogP contribution in [0.25, 0.3) is 0 Å². The maximum absolute atomic E-state index is 12.4. The summed E-state index contributed by atoms with van der Waals surface area (Å²) in [4.78, 5) is 30.0. The van der Waals surface area contributed by atoms with Crippen molar-refractivity contribution in [3.8, 4) is 5.75 Å². The van der Waals surface area contributed by atoms with Gasteiger partial charge >= 0.3 is 0 Å². The Bertz CT molecular complexity index is 938.